The molecule has 0 aliphatic heterocycles. The summed E-state index contributed by atoms with van der Waals surface area (Å²) in [6, 6.07) is 0. The highest BCUT2D eigenvalue weighted by atomic mass is 16.5. The molecule has 0 spiro atoms. The number of nitrogens with one attached hydrogen (secondary N) is 1. The molecule has 2 unspecified atom stereocenters. The molecular formula is C9H21NO4. The maximum atomic E-state index is 9.30. The fourth-order valence-corrected chi connectivity index (χ4v) is 1.10. The lowest BCUT2D eigenvalue weighted by atomic mass is 10.2. The summed E-state index contributed by atoms with van der Waals surface area (Å²) >= 11 is 0. The summed E-state index contributed by atoms with van der Waals surface area (Å²) in [5.41, 5.74) is 0. The maximum absolute atomic E-state index is 9.30. The highest BCUT2D eigenvalue weighted by molar-refractivity contribution is 4.64. The zero-order valence-electron chi connectivity index (χ0n) is 8.81. The topological polar surface area (TPSA) is 82.0 Å². The molecule has 2 atom stereocenters. The summed E-state index contributed by atoms with van der Waals surface area (Å²) < 4.78 is 5.37. The maximum Gasteiger partial charge on any atom is 0.107 e. The SMILES string of the molecule is CCC(CC(O)NC)OC(CO)CO. The minimum atomic E-state index is -0.613. The van der Waals surface area contributed by atoms with Crippen LogP contribution in [0.3, 0.4) is 0 Å². The highest BCUT2D eigenvalue weighted by Gasteiger charge is 2.16. The predicted octanol–water partition coefficient (Wildman–Crippen LogP) is -0.937. The largest absolute Gasteiger partial charge is 0.394 e. The molecule has 0 aliphatic carbocycles. The minimum absolute atomic E-state index is 0.151. The Bertz CT molecular complexity index is 130. The summed E-state index contributed by atoms with van der Waals surface area (Å²) in [5.74, 6) is 0. The molecule has 0 saturated heterocycles. The first kappa shape index (κ1) is 13.8. The van der Waals surface area contributed by atoms with E-state index in [1.807, 2.05) is 6.92 Å². The van der Waals surface area contributed by atoms with Crippen LogP contribution in [0.25, 0.3) is 0 Å². The molecule has 0 aliphatic rings. The molecule has 5 nitrogen and oxygen atoms in total. The third-order valence-corrected chi connectivity index (χ3v) is 2.07. The van der Waals surface area contributed by atoms with E-state index in [-0.39, 0.29) is 19.3 Å². The van der Waals surface area contributed by atoms with Gasteiger partial charge < -0.3 is 20.1 Å². The van der Waals surface area contributed by atoms with Gasteiger partial charge in [-0.05, 0) is 13.5 Å². The average molecular weight is 207 g/mol. The summed E-state index contributed by atoms with van der Waals surface area (Å²) in [6.45, 7) is 1.52. The van der Waals surface area contributed by atoms with Gasteiger partial charge in [0.2, 0.25) is 0 Å². The lowest BCUT2D eigenvalue weighted by Gasteiger charge is -2.23. The third kappa shape index (κ3) is 5.51. The first-order valence-corrected chi connectivity index (χ1v) is 4.90. The molecule has 0 bridgehead atoms. The van der Waals surface area contributed by atoms with Crippen LogP contribution in [0.5, 0.6) is 0 Å². The second kappa shape index (κ2) is 8.14. The van der Waals surface area contributed by atoms with Crippen molar-refractivity contribution in [1.29, 1.82) is 0 Å². The molecule has 86 valence electrons. The van der Waals surface area contributed by atoms with Gasteiger partial charge in [-0.2, -0.15) is 0 Å². The number of hydrogen-bond donors (Lipinski definition) is 4. The second-order valence-corrected chi connectivity index (χ2v) is 3.19. The Morgan fingerprint density at radius 1 is 1.21 bits per heavy atom. The van der Waals surface area contributed by atoms with Crippen molar-refractivity contribution in [2.45, 2.75) is 38.2 Å². The lowest BCUT2D eigenvalue weighted by Crippen LogP contribution is -2.34. The molecule has 0 aromatic heterocycles. The van der Waals surface area contributed by atoms with Crippen LogP contribution in [0.4, 0.5) is 0 Å². The van der Waals surface area contributed by atoms with Gasteiger partial charge in [0.1, 0.15) is 12.3 Å². The minimum Gasteiger partial charge on any atom is -0.394 e. The summed E-state index contributed by atoms with van der Waals surface area (Å²) in [6.07, 6.45) is -0.137. The van der Waals surface area contributed by atoms with Crippen LogP contribution in [0.15, 0.2) is 0 Å². The zero-order chi connectivity index (χ0) is 11.0. The average Bonchev–Trinajstić information content (AvgIpc) is 2.23. The Morgan fingerprint density at radius 2 is 1.79 bits per heavy atom. The Morgan fingerprint density at radius 3 is 2.14 bits per heavy atom. The number of rotatable bonds is 8. The van der Waals surface area contributed by atoms with Gasteiger partial charge in [-0.15, -0.1) is 0 Å². The molecule has 14 heavy (non-hydrogen) atoms. The van der Waals surface area contributed by atoms with Crippen molar-refractivity contribution in [3.8, 4) is 0 Å². The van der Waals surface area contributed by atoms with E-state index in [2.05, 4.69) is 5.32 Å². The van der Waals surface area contributed by atoms with Crippen molar-refractivity contribution in [2.75, 3.05) is 20.3 Å². The van der Waals surface area contributed by atoms with Gasteiger partial charge >= 0.3 is 0 Å². The van der Waals surface area contributed by atoms with Gasteiger partial charge in [-0.3, -0.25) is 5.32 Å². The van der Waals surface area contributed by atoms with Crippen molar-refractivity contribution in [3.05, 3.63) is 0 Å². The first-order valence-electron chi connectivity index (χ1n) is 4.90. The molecule has 0 radical (unpaired) electrons. The molecule has 5 heteroatoms. The molecule has 0 heterocycles. The van der Waals surface area contributed by atoms with E-state index < -0.39 is 12.3 Å². The van der Waals surface area contributed by atoms with E-state index in [9.17, 15) is 5.11 Å². The van der Waals surface area contributed by atoms with Gasteiger partial charge in [-0.1, -0.05) is 6.92 Å². The van der Waals surface area contributed by atoms with E-state index in [1.54, 1.807) is 7.05 Å². The normalized spacial score (nSPS) is 15.9. The van der Waals surface area contributed by atoms with Crippen LogP contribution < -0.4 is 5.32 Å². The Labute approximate surface area is 84.7 Å². The van der Waals surface area contributed by atoms with Gasteiger partial charge in [-0.25, -0.2) is 0 Å². The van der Waals surface area contributed by atoms with Crippen LogP contribution in [0.2, 0.25) is 0 Å². The van der Waals surface area contributed by atoms with E-state index in [4.69, 9.17) is 14.9 Å². The number of aliphatic hydroxyl groups excluding tert-OH is 3. The fourth-order valence-electron chi connectivity index (χ4n) is 1.10. The number of hydrogen-bond acceptors (Lipinski definition) is 5. The van der Waals surface area contributed by atoms with Gasteiger partial charge in [0.15, 0.2) is 0 Å². The molecule has 0 amide bonds. The molecule has 0 rings (SSSR count). The second-order valence-electron chi connectivity index (χ2n) is 3.19. The Hall–Kier alpha value is -0.200. The molecule has 0 aromatic rings. The van der Waals surface area contributed by atoms with Crippen LogP contribution in [-0.2, 0) is 4.74 Å². The molecule has 0 fully saturated rings. The van der Waals surface area contributed by atoms with Crippen LogP contribution >= 0.6 is 0 Å². The van der Waals surface area contributed by atoms with Crippen molar-refractivity contribution in [1.82, 2.24) is 5.32 Å². The predicted molar refractivity (Wildman–Crippen MR) is 52.8 cm³/mol. The van der Waals surface area contributed by atoms with E-state index in [0.29, 0.717) is 6.42 Å². The van der Waals surface area contributed by atoms with Crippen LogP contribution in [0, 0.1) is 0 Å². The first-order chi connectivity index (χ1) is 6.67. The van der Waals surface area contributed by atoms with Gasteiger partial charge in [0, 0.05) is 6.42 Å². The molecule has 0 saturated carbocycles. The molecule has 4 N–H and O–H groups in total. The van der Waals surface area contributed by atoms with E-state index >= 15 is 0 Å². The lowest BCUT2D eigenvalue weighted by molar-refractivity contribution is -0.0799. The summed E-state index contributed by atoms with van der Waals surface area (Å²) in [5, 5.41) is 29.6. The third-order valence-electron chi connectivity index (χ3n) is 2.07. The summed E-state index contributed by atoms with van der Waals surface area (Å²) in [7, 11) is 1.66. The number of aliphatic hydroxyl groups is 3. The molecular weight excluding hydrogens is 186 g/mol. The van der Waals surface area contributed by atoms with Crippen LogP contribution in [0.1, 0.15) is 19.8 Å². The van der Waals surface area contributed by atoms with Crippen molar-refractivity contribution < 1.29 is 20.1 Å². The summed E-state index contributed by atoms with van der Waals surface area (Å²) in [4.78, 5) is 0. The monoisotopic (exact) mass is 207 g/mol. The van der Waals surface area contributed by atoms with Crippen LogP contribution in [-0.4, -0.2) is 54.0 Å². The highest BCUT2D eigenvalue weighted by Crippen LogP contribution is 2.08. The molecule has 0 aromatic carbocycles. The standard InChI is InChI=1S/C9H21NO4/c1-3-7(4-9(13)10-2)14-8(5-11)6-12/h7-13H,3-6H2,1-2H3. The fraction of sp³-hybridized carbons (Fsp3) is 1.00. The van der Waals surface area contributed by atoms with Crippen molar-refractivity contribution in [3.63, 3.8) is 0 Å². The van der Waals surface area contributed by atoms with Crippen molar-refractivity contribution in [2.24, 2.45) is 0 Å². The van der Waals surface area contributed by atoms with Gasteiger partial charge in [0.25, 0.3) is 0 Å². The quantitative estimate of drug-likeness (QED) is 0.386. The Kier molecular flexibility index (Phi) is 8.02. The smallest absolute Gasteiger partial charge is 0.107 e. The van der Waals surface area contributed by atoms with Crippen molar-refractivity contribution >= 4 is 0 Å². The van der Waals surface area contributed by atoms with Gasteiger partial charge in [0.05, 0.1) is 19.3 Å². The zero-order valence-corrected chi connectivity index (χ0v) is 8.81. The Balaban J connectivity index is 3.88. The van der Waals surface area contributed by atoms with E-state index in [1.165, 1.54) is 0 Å². The number of ether oxygens (including phenoxy) is 1. The van der Waals surface area contributed by atoms with E-state index in [0.717, 1.165) is 6.42 Å².